The summed E-state index contributed by atoms with van der Waals surface area (Å²) in [7, 11) is -3.82. The maximum atomic E-state index is 13.4. The Morgan fingerprint density at radius 1 is 1.18 bits per heavy atom. The summed E-state index contributed by atoms with van der Waals surface area (Å²) in [6.45, 7) is 2.91. The molecule has 0 bridgehead atoms. The molecule has 2 amide bonds. The number of urea groups is 1. The maximum absolute atomic E-state index is 13.4. The predicted molar refractivity (Wildman–Crippen MR) is 136 cm³/mol. The number of nitrogens with one attached hydrogen (secondary N) is 1. The van der Waals surface area contributed by atoms with Gasteiger partial charge in [0.15, 0.2) is 10.9 Å². The monoisotopic (exact) mass is 532 g/mol. The topological polar surface area (TPSA) is 132 Å². The number of anilines is 1. The van der Waals surface area contributed by atoms with Crippen LogP contribution in [0.4, 0.5) is 9.93 Å². The lowest BCUT2D eigenvalue weighted by Gasteiger charge is -2.42. The van der Waals surface area contributed by atoms with E-state index < -0.39 is 21.6 Å². The lowest BCUT2D eigenvalue weighted by Crippen LogP contribution is -2.51. The molecule has 2 aliphatic carbocycles. The second-order valence-corrected chi connectivity index (χ2v) is 13.0. The Morgan fingerprint density at radius 2 is 1.85 bits per heavy atom. The van der Waals surface area contributed by atoms with Gasteiger partial charge in [0.1, 0.15) is 5.75 Å². The molecule has 2 fully saturated rings. The second kappa shape index (κ2) is 13.2. The molecule has 0 saturated heterocycles. The molecule has 0 atom stereocenters. The van der Waals surface area contributed by atoms with Gasteiger partial charge in [0.05, 0.1) is 22.3 Å². The number of ether oxygens (including phenoxy) is 1. The van der Waals surface area contributed by atoms with Gasteiger partial charge in [-0.3, -0.25) is 10.1 Å². The third-order valence-corrected chi connectivity index (χ3v) is 9.12. The number of hydrogen-bond donors (Lipinski definition) is 2. The fourth-order valence-electron chi connectivity index (χ4n) is 4.72. The van der Waals surface area contributed by atoms with E-state index in [0.717, 1.165) is 68.6 Å². The van der Waals surface area contributed by atoms with E-state index in [0.29, 0.717) is 11.2 Å². The zero-order valence-corrected chi connectivity index (χ0v) is 22.2. The van der Waals surface area contributed by atoms with Gasteiger partial charge in [0, 0.05) is 18.7 Å². The van der Waals surface area contributed by atoms with Gasteiger partial charge in [0.2, 0.25) is 10.0 Å². The minimum Gasteiger partial charge on any atom is -0.378 e. The summed E-state index contributed by atoms with van der Waals surface area (Å²) >= 11 is 2.48. The van der Waals surface area contributed by atoms with Gasteiger partial charge in [0.25, 0.3) is 0 Å². The van der Waals surface area contributed by atoms with Crippen LogP contribution in [0, 0.1) is 0 Å². The van der Waals surface area contributed by atoms with E-state index in [1.807, 2.05) is 0 Å². The fourth-order valence-corrected chi connectivity index (χ4v) is 7.12. The van der Waals surface area contributed by atoms with Gasteiger partial charge < -0.3 is 9.64 Å². The van der Waals surface area contributed by atoms with Crippen molar-refractivity contribution in [1.29, 1.82) is 0 Å². The normalized spacial score (nSPS) is 21.8. The average Bonchev–Trinajstić information content (AvgIpc) is 3.24. The van der Waals surface area contributed by atoms with Gasteiger partial charge >= 0.3 is 6.03 Å². The average molecular weight is 533 g/mol. The number of ketones is 1. The minimum atomic E-state index is -3.82. The zero-order valence-electron chi connectivity index (χ0n) is 19.7. The van der Waals surface area contributed by atoms with Crippen molar-refractivity contribution in [2.75, 3.05) is 23.4 Å². The third-order valence-electron chi connectivity index (χ3n) is 6.23. The molecule has 1 aromatic rings. The number of thioether (sulfide) groups is 1. The Morgan fingerprint density at radius 3 is 2.50 bits per heavy atom. The van der Waals surface area contributed by atoms with Crippen LogP contribution in [0.3, 0.4) is 0 Å². The molecular weight excluding hydrogens is 496 g/mol. The number of nitrogens with zero attached hydrogens (tertiary/aromatic N) is 2. The molecule has 2 saturated carbocycles. The van der Waals surface area contributed by atoms with Gasteiger partial charge in [-0.2, -0.15) is 0 Å². The molecule has 12 heteroatoms. The lowest BCUT2D eigenvalue weighted by atomic mass is 9.88. The van der Waals surface area contributed by atoms with Crippen molar-refractivity contribution in [3.63, 3.8) is 0 Å². The molecule has 0 unspecified atom stereocenters. The molecule has 0 aliphatic heterocycles. The first kappa shape index (κ1) is 27.4. The molecule has 1 heterocycles. The highest BCUT2D eigenvalue weighted by Gasteiger charge is 2.34. The van der Waals surface area contributed by atoms with E-state index in [1.165, 1.54) is 29.5 Å². The summed E-state index contributed by atoms with van der Waals surface area (Å²) in [5, 5.41) is 8.37. The summed E-state index contributed by atoms with van der Waals surface area (Å²) in [4.78, 5) is 31.5. The molecule has 192 valence electrons. The first-order valence-electron chi connectivity index (χ1n) is 12.1. The van der Waals surface area contributed by atoms with E-state index in [-0.39, 0.29) is 23.9 Å². The van der Waals surface area contributed by atoms with Crippen LogP contribution in [0.15, 0.2) is 10.4 Å². The first-order valence-corrected chi connectivity index (χ1v) is 15.6. The van der Waals surface area contributed by atoms with Crippen molar-refractivity contribution in [3.05, 3.63) is 6.20 Å². The molecule has 0 radical (unpaired) electrons. The van der Waals surface area contributed by atoms with Crippen LogP contribution < -0.4 is 10.5 Å². The fraction of sp³-hybridized carbons (Fsp3) is 0.773. The molecule has 2 aliphatic rings. The largest absolute Gasteiger partial charge is 0.378 e. The predicted octanol–water partition coefficient (Wildman–Crippen LogP) is 4.00. The Balaban J connectivity index is 1.58. The number of aromatic nitrogens is 1. The van der Waals surface area contributed by atoms with Crippen molar-refractivity contribution in [2.45, 2.75) is 93.5 Å². The van der Waals surface area contributed by atoms with Crippen molar-refractivity contribution < 1.29 is 22.7 Å². The number of rotatable bonds is 11. The number of nitrogens with two attached hydrogens (primary N) is 1. The number of amides is 2. The number of Topliss-reactive ketones (excluding diaryl/α,β-unsaturated/α-hetero) is 1. The van der Waals surface area contributed by atoms with Gasteiger partial charge in [-0.15, -0.1) is 11.8 Å². The van der Waals surface area contributed by atoms with Gasteiger partial charge in [-0.05, 0) is 44.9 Å². The van der Waals surface area contributed by atoms with Gasteiger partial charge in [-0.1, -0.05) is 37.5 Å². The number of carbonyl (C=O) groups excluding carboxylic acids is 2. The highest BCUT2D eigenvalue weighted by molar-refractivity contribution is 8.02. The smallest absolute Gasteiger partial charge is 0.324 e. The molecule has 0 aromatic carbocycles. The second-order valence-electron chi connectivity index (χ2n) is 9.05. The van der Waals surface area contributed by atoms with Crippen LogP contribution in [-0.4, -0.2) is 66.4 Å². The van der Waals surface area contributed by atoms with E-state index in [2.05, 4.69) is 22.1 Å². The molecule has 3 N–H and O–H groups in total. The number of carbonyl (C=O) groups is 2. The maximum Gasteiger partial charge on any atom is 0.324 e. The van der Waals surface area contributed by atoms with Crippen LogP contribution in [0.25, 0.3) is 0 Å². The molecular formula is C22H36N4O5S3. The summed E-state index contributed by atoms with van der Waals surface area (Å²) < 4.78 is 28.8. The van der Waals surface area contributed by atoms with E-state index >= 15 is 0 Å². The van der Waals surface area contributed by atoms with Crippen LogP contribution in [-0.2, 0) is 19.6 Å². The highest BCUT2D eigenvalue weighted by atomic mass is 32.2. The zero-order chi connectivity index (χ0) is 24.6. The molecule has 0 spiro atoms. The minimum absolute atomic E-state index is 0.0104. The number of primary sulfonamides is 1. The van der Waals surface area contributed by atoms with E-state index in [9.17, 15) is 18.0 Å². The Labute approximate surface area is 210 Å². The Kier molecular flexibility index (Phi) is 10.6. The lowest BCUT2D eigenvalue weighted by molar-refractivity contribution is -0.114. The summed E-state index contributed by atoms with van der Waals surface area (Å²) in [5.74, 6) is -1.15. The summed E-state index contributed by atoms with van der Waals surface area (Å²) in [6.07, 6.45) is 12.3. The number of sulfonamides is 1. The van der Waals surface area contributed by atoms with Gasteiger partial charge in [-0.25, -0.2) is 23.3 Å². The van der Waals surface area contributed by atoms with Crippen LogP contribution in [0.2, 0.25) is 0 Å². The van der Waals surface area contributed by atoms with Crippen LogP contribution in [0.1, 0.15) is 71.1 Å². The van der Waals surface area contributed by atoms with Crippen LogP contribution >= 0.6 is 23.1 Å². The van der Waals surface area contributed by atoms with Crippen molar-refractivity contribution in [2.24, 2.45) is 5.14 Å². The standard InChI is InChI=1S/C22H36N4O5S3/c1-2-12-31-19-10-8-17(9-11-19)26(16-6-4-3-5-7-16)22(28)25-21-24-13-20(33-21)32-14-18(27)15-34(23,29)30/h13,16-17,19H,2-12,14-15H2,1H3,(H2,23,29,30)(H,24,25,28). The van der Waals surface area contributed by atoms with E-state index in [1.54, 1.807) is 6.20 Å². The van der Waals surface area contributed by atoms with Crippen molar-refractivity contribution >= 4 is 50.1 Å². The first-order chi connectivity index (χ1) is 16.2. The molecule has 3 rings (SSSR count). The third kappa shape index (κ3) is 8.78. The van der Waals surface area contributed by atoms with Crippen molar-refractivity contribution in [1.82, 2.24) is 9.88 Å². The quantitative estimate of drug-likeness (QED) is 0.412. The molecule has 34 heavy (non-hydrogen) atoms. The SMILES string of the molecule is CCCOC1CCC(N(C(=O)Nc2ncc(SCC(=O)CS(N)(=O)=O)s2)C2CCCCC2)CC1. The Bertz CT molecular complexity index is 909. The Hall–Kier alpha value is -1.21. The summed E-state index contributed by atoms with van der Waals surface area (Å²) in [5.41, 5.74) is 0. The number of thiazole rings is 1. The molecule has 1 aromatic heterocycles. The summed E-state index contributed by atoms with van der Waals surface area (Å²) in [6, 6.07) is 0.340. The highest BCUT2D eigenvalue weighted by Crippen LogP contribution is 2.33. The van der Waals surface area contributed by atoms with Crippen LogP contribution in [0.5, 0.6) is 0 Å². The molecule has 9 nitrogen and oxygen atoms in total. The van der Waals surface area contributed by atoms with E-state index in [4.69, 9.17) is 9.88 Å². The number of hydrogen-bond acceptors (Lipinski definition) is 8. The van der Waals surface area contributed by atoms with Crippen molar-refractivity contribution in [3.8, 4) is 0 Å².